The van der Waals surface area contributed by atoms with Gasteiger partial charge in [-0.2, -0.15) is 14.6 Å². The summed E-state index contributed by atoms with van der Waals surface area (Å²) in [6.07, 6.45) is 1.94. The third kappa shape index (κ3) is 3.54. The smallest absolute Gasteiger partial charge is 0.266 e. The van der Waals surface area contributed by atoms with Gasteiger partial charge in [0.1, 0.15) is 11.5 Å². The topological polar surface area (TPSA) is 64.3 Å². The third-order valence-corrected chi connectivity index (χ3v) is 5.07. The molecule has 0 radical (unpaired) electrons. The number of nitrogens with zero attached hydrogens (tertiary/aromatic N) is 3. The van der Waals surface area contributed by atoms with Gasteiger partial charge in [0, 0.05) is 6.42 Å². The van der Waals surface area contributed by atoms with Gasteiger partial charge in [-0.25, -0.2) is 4.39 Å². The molecule has 0 unspecified atom stereocenters. The van der Waals surface area contributed by atoms with Gasteiger partial charge in [-0.05, 0) is 36.3 Å². The number of thiazole rings is 1. The van der Waals surface area contributed by atoms with Crippen molar-refractivity contribution in [3.05, 3.63) is 102 Å². The number of rotatable bonds is 3. The van der Waals surface area contributed by atoms with Gasteiger partial charge < -0.3 is 0 Å². The number of aryl methyl sites for hydroxylation is 1. The molecule has 4 rings (SSSR count). The van der Waals surface area contributed by atoms with E-state index >= 15 is 0 Å². The third-order valence-electron chi connectivity index (χ3n) is 4.11. The molecule has 0 saturated carbocycles. The van der Waals surface area contributed by atoms with Crippen LogP contribution in [0.4, 0.5) is 4.39 Å². The lowest BCUT2D eigenvalue weighted by Crippen LogP contribution is -2.28. The Morgan fingerprint density at radius 1 is 1.07 bits per heavy atom. The largest absolute Gasteiger partial charge is 0.296 e. The van der Waals surface area contributed by atoms with Crippen molar-refractivity contribution in [2.75, 3.05) is 0 Å². The lowest BCUT2D eigenvalue weighted by atomic mass is 10.1. The van der Waals surface area contributed by atoms with Crippen LogP contribution in [0.3, 0.4) is 0 Å². The van der Waals surface area contributed by atoms with E-state index in [1.807, 2.05) is 31.2 Å². The zero-order valence-electron chi connectivity index (χ0n) is 14.3. The van der Waals surface area contributed by atoms with E-state index < -0.39 is 5.56 Å². The summed E-state index contributed by atoms with van der Waals surface area (Å²) in [7, 11) is 0. The normalized spacial score (nSPS) is 12.0. The minimum Gasteiger partial charge on any atom is -0.266 e. The fourth-order valence-electron chi connectivity index (χ4n) is 2.66. The van der Waals surface area contributed by atoms with Crippen molar-refractivity contribution < 1.29 is 4.39 Å². The Morgan fingerprint density at radius 2 is 1.78 bits per heavy atom. The van der Waals surface area contributed by atoms with E-state index in [0.717, 1.165) is 32.5 Å². The standard InChI is InChI=1S/C20H14FN3O2S/c1-12-2-4-14(5-3-12)11-17-19(26)24-20(27-17)22-18(25)16(23-24)10-13-6-8-15(21)9-7-13/h2-9,11H,10H2,1H3/b17-11-. The molecule has 0 spiro atoms. The Hall–Kier alpha value is -3.19. The van der Waals surface area contributed by atoms with Crippen molar-refractivity contribution in [2.24, 2.45) is 0 Å². The highest BCUT2D eigenvalue weighted by Gasteiger charge is 2.11. The minimum atomic E-state index is -0.484. The lowest BCUT2D eigenvalue weighted by Gasteiger charge is -2.00. The van der Waals surface area contributed by atoms with E-state index in [0.29, 0.717) is 4.53 Å². The van der Waals surface area contributed by atoms with Crippen molar-refractivity contribution in [1.82, 2.24) is 14.6 Å². The monoisotopic (exact) mass is 379 g/mol. The van der Waals surface area contributed by atoms with Crippen LogP contribution < -0.4 is 15.7 Å². The molecule has 7 heteroatoms. The molecule has 0 fully saturated rings. The van der Waals surface area contributed by atoms with Crippen LogP contribution in [0.5, 0.6) is 0 Å². The minimum absolute atomic E-state index is 0.149. The highest BCUT2D eigenvalue weighted by molar-refractivity contribution is 7.15. The number of hydrogen-bond donors (Lipinski definition) is 0. The summed E-state index contributed by atoms with van der Waals surface area (Å²) >= 11 is 1.13. The summed E-state index contributed by atoms with van der Waals surface area (Å²) in [5.41, 5.74) is 2.09. The molecule has 0 N–H and O–H groups in total. The first-order valence-electron chi connectivity index (χ1n) is 8.25. The fourth-order valence-corrected chi connectivity index (χ4v) is 3.57. The molecule has 2 aromatic carbocycles. The summed E-state index contributed by atoms with van der Waals surface area (Å²) < 4.78 is 14.6. The van der Waals surface area contributed by atoms with Crippen LogP contribution in [-0.2, 0) is 6.42 Å². The molecule has 0 aliphatic carbocycles. The van der Waals surface area contributed by atoms with Gasteiger partial charge in [-0.15, -0.1) is 0 Å². The van der Waals surface area contributed by atoms with Crippen molar-refractivity contribution >= 4 is 22.4 Å². The number of halogens is 1. The highest BCUT2D eigenvalue weighted by Crippen LogP contribution is 2.07. The molecule has 0 saturated heterocycles. The molecule has 2 heterocycles. The van der Waals surface area contributed by atoms with Crippen molar-refractivity contribution in [3.8, 4) is 0 Å². The Morgan fingerprint density at radius 3 is 2.48 bits per heavy atom. The first-order valence-corrected chi connectivity index (χ1v) is 9.07. The summed E-state index contributed by atoms with van der Waals surface area (Å²) in [5, 5.41) is 4.19. The maximum Gasteiger partial charge on any atom is 0.296 e. The Labute approximate surface area is 157 Å². The predicted octanol–water partition coefficient (Wildman–Crippen LogP) is 2.10. The fraction of sp³-hybridized carbons (Fsp3) is 0.100. The average Bonchev–Trinajstić information content (AvgIpc) is 2.94. The quantitative estimate of drug-likeness (QED) is 0.547. The molecule has 0 amide bonds. The molecule has 4 aromatic rings. The summed E-state index contributed by atoms with van der Waals surface area (Å²) in [5.74, 6) is -0.354. The first-order chi connectivity index (χ1) is 13.0. The summed E-state index contributed by atoms with van der Waals surface area (Å²) in [6.45, 7) is 1.99. The van der Waals surface area contributed by atoms with Gasteiger partial charge in [0.05, 0.1) is 4.53 Å². The lowest BCUT2D eigenvalue weighted by molar-refractivity contribution is 0.627. The molecule has 0 aliphatic rings. The number of fused-ring (bicyclic) bond motifs is 1. The van der Waals surface area contributed by atoms with Crippen LogP contribution in [0.2, 0.25) is 0 Å². The predicted molar refractivity (Wildman–Crippen MR) is 103 cm³/mol. The Kier molecular flexibility index (Phi) is 4.37. The van der Waals surface area contributed by atoms with Crippen LogP contribution in [0.25, 0.3) is 11.0 Å². The maximum absolute atomic E-state index is 13.0. The molecule has 2 aromatic heterocycles. The van der Waals surface area contributed by atoms with Crippen molar-refractivity contribution in [1.29, 1.82) is 0 Å². The highest BCUT2D eigenvalue weighted by atomic mass is 32.1. The van der Waals surface area contributed by atoms with Gasteiger partial charge in [0.2, 0.25) is 4.96 Å². The second-order valence-corrected chi connectivity index (χ2v) is 7.20. The van der Waals surface area contributed by atoms with Crippen LogP contribution in [0.15, 0.2) is 58.1 Å². The SMILES string of the molecule is Cc1ccc(/C=c2\sc3nc(=O)c(Cc4ccc(F)cc4)nn3c2=O)cc1. The van der Waals surface area contributed by atoms with Gasteiger partial charge in [0.15, 0.2) is 0 Å². The van der Waals surface area contributed by atoms with E-state index in [-0.39, 0.29) is 28.5 Å². The van der Waals surface area contributed by atoms with Gasteiger partial charge in [0.25, 0.3) is 11.1 Å². The van der Waals surface area contributed by atoms with E-state index in [1.54, 1.807) is 18.2 Å². The molecule has 27 heavy (non-hydrogen) atoms. The van der Waals surface area contributed by atoms with Crippen LogP contribution in [0, 0.1) is 12.7 Å². The molecular weight excluding hydrogens is 365 g/mol. The maximum atomic E-state index is 13.0. The molecule has 0 aliphatic heterocycles. The molecule has 0 atom stereocenters. The molecule has 0 bridgehead atoms. The van der Waals surface area contributed by atoms with Crippen LogP contribution in [0.1, 0.15) is 22.4 Å². The number of aromatic nitrogens is 3. The summed E-state index contributed by atoms with van der Waals surface area (Å²) in [4.78, 5) is 29.2. The van der Waals surface area contributed by atoms with E-state index in [9.17, 15) is 14.0 Å². The van der Waals surface area contributed by atoms with Crippen molar-refractivity contribution in [3.63, 3.8) is 0 Å². The Balaban J connectivity index is 1.79. The zero-order valence-corrected chi connectivity index (χ0v) is 15.2. The molecule has 134 valence electrons. The van der Waals surface area contributed by atoms with Gasteiger partial charge >= 0.3 is 0 Å². The van der Waals surface area contributed by atoms with Crippen LogP contribution in [-0.4, -0.2) is 14.6 Å². The second kappa shape index (κ2) is 6.85. The molecule has 5 nitrogen and oxygen atoms in total. The van der Waals surface area contributed by atoms with Gasteiger partial charge in [-0.3, -0.25) is 9.59 Å². The Bertz CT molecular complexity index is 1290. The van der Waals surface area contributed by atoms with E-state index in [4.69, 9.17) is 0 Å². The first kappa shape index (κ1) is 17.2. The van der Waals surface area contributed by atoms with Crippen molar-refractivity contribution in [2.45, 2.75) is 13.3 Å². The summed E-state index contributed by atoms with van der Waals surface area (Å²) in [6, 6.07) is 13.6. The van der Waals surface area contributed by atoms with E-state index in [2.05, 4.69) is 10.1 Å². The van der Waals surface area contributed by atoms with E-state index in [1.165, 1.54) is 12.1 Å². The molecular formula is C20H14FN3O2S. The number of benzene rings is 2. The average molecular weight is 379 g/mol. The van der Waals surface area contributed by atoms with Gasteiger partial charge in [-0.1, -0.05) is 53.3 Å². The zero-order chi connectivity index (χ0) is 19.0. The second-order valence-electron chi connectivity index (χ2n) is 6.19. The van der Waals surface area contributed by atoms with Crippen LogP contribution >= 0.6 is 11.3 Å². The number of hydrogen-bond acceptors (Lipinski definition) is 5.